The predicted molar refractivity (Wildman–Crippen MR) is 71.1 cm³/mol. The van der Waals surface area contributed by atoms with Crippen LogP contribution >= 0.6 is 0 Å². The van der Waals surface area contributed by atoms with Gasteiger partial charge in [-0.2, -0.15) is 0 Å². The molecule has 0 aromatic heterocycles. The van der Waals surface area contributed by atoms with Crippen LogP contribution in [0.25, 0.3) is 0 Å². The highest BCUT2D eigenvalue weighted by Crippen LogP contribution is 2.50. The first-order valence-electron chi connectivity index (χ1n) is 7.08. The monoisotopic (exact) mass is 254 g/mol. The Morgan fingerprint density at radius 2 is 2.11 bits per heavy atom. The number of hydrogen-bond acceptors (Lipinski definition) is 3. The number of rotatable bonds is 5. The third kappa shape index (κ3) is 1.95. The van der Waals surface area contributed by atoms with E-state index in [0.717, 1.165) is 12.8 Å². The SMILES string of the molecule is CCOC1CC(N)(C(=O)NC2CC2CC)C1(C)C. The minimum absolute atomic E-state index is 0.00408. The molecule has 2 fully saturated rings. The molecule has 4 heteroatoms. The van der Waals surface area contributed by atoms with Gasteiger partial charge in [0, 0.05) is 24.5 Å². The average Bonchev–Trinajstić information content (AvgIpc) is 3.06. The Bertz CT molecular complexity index is 343. The van der Waals surface area contributed by atoms with Gasteiger partial charge in [0.25, 0.3) is 0 Å². The Hall–Kier alpha value is -0.610. The molecule has 2 rings (SSSR count). The van der Waals surface area contributed by atoms with E-state index in [1.807, 2.05) is 20.8 Å². The maximum atomic E-state index is 12.3. The fraction of sp³-hybridized carbons (Fsp3) is 0.929. The number of ether oxygens (including phenoxy) is 1. The van der Waals surface area contributed by atoms with Crippen molar-refractivity contribution in [1.82, 2.24) is 5.32 Å². The number of nitrogens with two attached hydrogens (primary N) is 1. The van der Waals surface area contributed by atoms with Gasteiger partial charge >= 0.3 is 0 Å². The van der Waals surface area contributed by atoms with Gasteiger partial charge < -0.3 is 15.8 Å². The molecular weight excluding hydrogens is 228 g/mol. The van der Waals surface area contributed by atoms with Crippen LogP contribution in [-0.2, 0) is 9.53 Å². The highest BCUT2D eigenvalue weighted by molar-refractivity contribution is 5.89. The first kappa shape index (κ1) is 13.8. The van der Waals surface area contributed by atoms with Crippen molar-refractivity contribution < 1.29 is 9.53 Å². The average molecular weight is 254 g/mol. The van der Waals surface area contributed by atoms with E-state index in [1.54, 1.807) is 0 Å². The zero-order valence-corrected chi connectivity index (χ0v) is 12.0. The molecule has 0 aromatic carbocycles. The summed E-state index contributed by atoms with van der Waals surface area (Å²) in [6.07, 6.45) is 2.96. The second-order valence-electron chi connectivity index (χ2n) is 6.33. The van der Waals surface area contributed by atoms with Gasteiger partial charge in [0.15, 0.2) is 0 Å². The lowest BCUT2D eigenvalue weighted by Crippen LogP contribution is -2.76. The predicted octanol–water partition coefficient (Wildman–Crippen LogP) is 1.43. The highest BCUT2D eigenvalue weighted by Gasteiger charge is 2.63. The number of carbonyl (C=O) groups is 1. The molecule has 104 valence electrons. The van der Waals surface area contributed by atoms with Gasteiger partial charge in [-0.15, -0.1) is 0 Å². The summed E-state index contributed by atoms with van der Waals surface area (Å²) < 4.78 is 5.64. The molecule has 0 heterocycles. The normalized spacial score (nSPS) is 41.1. The van der Waals surface area contributed by atoms with Gasteiger partial charge in [-0.05, 0) is 19.3 Å². The Balaban J connectivity index is 1.94. The fourth-order valence-electron chi connectivity index (χ4n) is 2.99. The third-order valence-corrected chi connectivity index (χ3v) is 5.00. The van der Waals surface area contributed by atoms with Crippen LogP contribution in [0.4, 0.5) is 0 Å². The van der Waals surface area contributed by atoms with E-state index in [4.69, 9.17) is 10.5 Å². The van der Waals surface area contributed by atoms with Gasteiger partial charge in [0.2, 0.25) is 5.91 Å². The molecule has 0 aromatic rings. The first-order chi connectivity index (χ1) is 8.36. The smallest absolute Gasteiger partial charge is 0.241 e. The van der Waals surface area contributed by atoms with E-state index >= 15 is 0 Å². The lowest BCUT2D eigenvalue weighted by atomic mass is 9.54. The van der Waals surface area contributed by atoms with Gasteiger partial charge in [0.05, 0.1) is 6.10 Å². The first-order valence-corrected chi connectivity index (χ1v) is 7.08. The summed E-state index contributed by atoms with van der Waals surface area (Å²) in [4.78, 5) is 12.3. The Morgan fingerprint density at radius 1 is 1.44 bits per heavy atom. The molecule has 0 saturated heterocycles. The van der Waals surface area contributed by atoms with Crippen molar-refractivity contribution in [2.24, 2.45) is 17.1 Å². The molecule has 2 aliphatic carbocycles. The van der Waals surface area contributed by atoms with Crippen LogP contribution in [0, 0.1) is 11.3 Å². The largest absolute Gasteiger partial charge is 0.378 e. The molecule has 4 nitrogen and oxygen atoms in total. The van der Waals surface area contributed by atoms with Crippen molar-refractivity contribution >= 4 is 5.91 Å². The quantitative estimate of drug-likeness (QED) is 0.780. The molecule has 0 bridgehead atoms. The maximum Gasteiger partial charge on any atom is 0.241 e. The summed E-state index contributed by atoms with van der Waals surface area (Å²) in [7, 11) is 0. The summed E-state index contributed by atoms with van der Waals surface area (Å²) in [5.74, 6) is 0.660. The molecule has 2 saturated carbocycles. The van der Waals surface area contributed by atoms with Crippen LogP contribution < -0.4 is 11.1 Å². The van der Waals surface area contributed by atoms with E-state index in [1.165, 1.54) is 0 Å². The summed E-state index contributed by atoms with van der Waals surface area (Å²) >= 11 is 0. The van der Waals surface area contributed by atoms with Gasteiger partial charge in [0.1, 0.15) is 5.54 Å². The van der Waals surface area contributed by atoms with Crippen molar-refractivity contribution in [3.05, 3.63) is 0 Å². The second kappa shape index (κ2) is 4.49. The molecule has 0 radical (unpaired) electrons. The zero-order valence-electron chi connectivity index (χ0n) is 12.0. The third-order valence-electron chi connectivity index (χ3n) is 5.00. The van der Waals surface area contributed by atoms with Crippen LogP contribution in [0.1, 0.15) is 47.0 Å². The Kier molecular flexibility index (Phi) is 3.45. The molecule has 18 heavy (non-hydrogen) atoms. The van der Waals surface area contributed by atoms with Gasteiger partial charge in [-0.3, -0.25) is 4.79 Å². The molecule has 2 aliphatic rings. The van der Waals surface area contributed by atoms with Crippen molar-refractivity contribution in [1.29, 1.82) is 0 Å². The molecule has 3 N–H and O–H groups in total. The van der Waals surface area contributed by atoms with E-state index in [-0.39, 0.29) is 17.4 Å². The molecule has 4 unspecified atom stereocenters. The lowest BCUT2D eigenvalue weighted by molar-refractivity contribution is -0.170. The van der Waals surface area contributed by atoms with Crippen LogP contribution in [-0.4, -0.2) is 30.2 Å². The van der Waals surface area contributed by atoms with Crippen molar-refractivity contribution in [3.8, 4) is 0 Å². The summed E-state index contributed by atoms with van der Waals surface area (Å²) in [6, 6.07) is 0.352. The van der Waals surface area contributed by atoms with Crippen LogP contribution in [0.2, 0.25) is 0 Å². The van der Waals surface area contributed by atoms with Crippen molar-refractivity contribution in [2.45, 2.75) is 64.6 Å². The maximum absolute atomic E-state index is 12.3. The van der Waals surface area contributed by atoms with E-state index in [2.05, 4.69) is 12.2 Å². The summed E-state index contributed by atoms with van der Waals surface area (Å²) in [6.45, 7) is 8.86. The Morgan fingerprint density at radius 3 is 2.56 bits per heavy atom. The van der Waals surface area contributed by atoms with Crippen molar-refractivity contribution in [3.63, 3.8) is 0 Å². The van der Waals surface area contributed by atoms with Gasteiger partial charge in [-0.25, -0.2) is 0 Å². The summed E-state index contributed by atoms with van der Waals surface area (Å²) in [5.41, 5.74) is 5.26. The molecular formula is C14H26N2O2. The Labute approximate surface area is 110 Å². The minimum atomic E-state index is -0.770. The molecule has 0 spiro atoms. The van der Waals surface area contributed by atoms with E-state index in [9.17, 15) is 4.79 Å². The standard InChI is InChI=1S/C14H26N2O2/c1-5-9-7-10(9)16-12(17)14(15)8-11(18-6-2)13(14,3)4/h9-11H,5-8,15H2,1-4H3,(H,16,17). The van der Waals surface area contributed by atoms with E-state index < -0.39 is 5.54 Å². The zero-order chi connectivity index (χ0) is 13.6. The second-order valence-corrected chi connectivity index (χ2v) is 6.33. The van der Waals surface area contributed by atoms with Crippen LogP contribution in [0.3, 0.4) is 0 Å². The minimum Gasteiger partial charge on any atom is -0.378 e. The van der Waals surface area contributed by atoms with Gasteiger partial charge in [-0.1, -0.05) is 27.2 Å². The summed E-state index contributed by atoms with van der Waals surface area (Å²) in [5, 5.41) is 3.10. The van der Waals surface area contributed by atoms with E-state index in [0.29, 0.717) is 25.0 Å². The van der Waals surface area contributed by atoms with Crippen LogP contribution in [0.5, 0.6) is 0 Å². The molecule has 0 aliphatic heterocycles. The molecule has 4 atom stereocenters. The lowest BCUT2D eigenvalue weighted by Gasteiger charge is -2.57. The topological polar surface area (TPSA) is 64.3 Å². The highest BCUT2D eigenvalue weighted by atomic mass is 16.5. The fourth-order valence-corrected chi connectivity index (χ4v) is 2.99. The number of amides is 1. The number of nitrogens with one attached hydrogen (secondary N) is 1. The van der Waals surface area contributed by atoms with Crippen LogP contribution in [0.15, 0.2) is 0 Å². The number of carbonyl (C=O) groups excluding carboxylic acids is 1. The van der Waals surface area contributed by atoms with Crippen molar-refractivity contribution in [2.75, 3.05) is 6.61 Å². The molecule has 1 amide bonds. The number of hydrogen-bond donors (Lipinski definition) is 2.